The average Bonchev–Trinajstić information content (AvgIpc) is 3.18. The van der Waals surface area contributed by atoms with Gasteiger partial charge < -0.3 is 20.1 Å². The molecule has 152 valence electrons. The SMILES string of the molecule is COCC1(CNC(=O)C2(c3ccc(OC)cc3)CCCC2)CCNCC1.Cl. The molecule has 1 aliphatic carbocycles. The van der Waals surface area contributed by atoms with E-state index < -0.39 is 5.41 Å². The first-order valence-corrected chi connectivity index (χ1v) is 9.77. The maximum absolute atomic E-state index is 13.3. The number of benzene rings is 1. The van der Waals surface area contributed by atoms with Crippen LogP contribution >= 0.6 is 12.4 Å². The minimum Gasteiger partial charge on any atom is -0.497 e. The summed E-state index contributed by atoms with van der Waals surface area (Å²) in [5, 5.41) is 6.71. The van der Waals surface area contributed by atoms with E-state index in [0.29, 0.717) is 13.2 Å². The van der Waals surface area contributed by atoms with Crippen LogP contribution in [0, 0.1) is 5.41 Å². The smallest absolute Gasteiger partial charge is 0.230 e. The first-order valence-electron chi connectivity index (χ1n) is 9.77. The van der Waals surface area contributed by atoms with Crippen molar-refractivity contribution < 1.29 is 14.3 Å². The molecule has 2 fully saturated rings. The van der Waals surface area contributed by atoms with Crippen molar-refractivity contribution in [3.8, 4) is 5.75 Å². The number of halogens is 1. The number of carbonyl (C=O) groups is 1. The molecule has 0 radical (unpaired) electrons. The number of nitrogens with one attached hydrogen (secondary N) is 2. The Morgan fingerprint density at radius 2 is 1.70 bits per heavy atom. The lowest BCUT2D eigenvalue weighted by atomic mass is 9.76. The van der Waals surface area contributed by atoms with Crippen LogP contribution in [0.25, 0.3) is 0 Å². The molecule has 6 heteroatoms. The van der Waals surface area contributed by atoms with Crippen molar-refractivity contribution in [1.82, 2.24) is 10.6 Å². The maximum Gasteiger partial charge on any atom is 0.230 e. The van der Waals surface area contributed by atoms with Gasteiger partial charge in [-0.2, -0.15) is 0 Å². The van der Waals surface area contributed by atoms with Crippen molar-refractivity contribution in [3.05, 3.63) is 29.8 Å². The van der Waals surface area contributed by atoms with E-state index in [1.807, 2.05) is 12.1 Å². The van der Waals surface area contributed by atoms with Crippen LogP contribution in [0.15, 0.2) is 24.3 Å². The van der Waals surface area contributed by atoms with Gasteiger partial charge in [-0.15, -0.1) is 12.4 Å². The Morgan fingerprint density at radius 3 is 2.26 bits per heavy atom. The van der Waals surface area contributed by atoms with Gasteiger partial charge in [0.2, 0.25) is 5.91 Å². The number of rotatable bonds is 7. The molecule has 0 aromatic heterocycles. The number of ether oxygens (including phenoxy) is 2. The van der Waals surface area contributed by atoms with Crippen LogP contribution in [0.4, 0.5) is 0 Å². The lowest BCUT2D eigenvalue weighted by molar-refractivity contribution is -0.127. The highest BCUT2D eigenvalue weighted by Gasteiger charge is 2.43. The van der Waals surface area contributed by atoms with Crippen molar-refractivity contribution in [2.75, 3.05) is 40.5 Å². The summed E-state index contributed by atoms with van der Waals surface area (Å²) in [6.45, 7) is 3.37. The molecule has 0 unspecified atom stereocenters. The Balaban J connectivity index is 0.00000261. The summed E-state index contributed by atoms with van der Waals surface area (Å²) in [6.07, 6.45) is 6.13. The lowest BCUT2D eigenvalue weighted by Crippen LogP contribution is -2.51. The van der Waals surface area contributed by atoms with Gasteiger partial charge in [-0.25, -0.2) is 0 Å². The fourth-order valence-electron chi connectivity index (χ4n) is 4.61. The number of carbonyl (C=O) groups excluding carboxylic acids is 1. The summed E-state index contributed by atoms with van der Waals surface area (Å²) in [7, 11) is 3.42. The van der Waals surface area contributed by atoms with E-state index in [1.54, 1.807) is 14.2 Å². The Morgan fingerprint density at radius 1 is 1.07 bits per heavy atom. The molecule has 1 saturated heterocycles. The number of methoxy groups -OCH3 is 2. The number of hydrogen-bond acceptors (Lipinski definition) is 4. The van der Waals surface area contributed by atoms with Crippen molar-refractivity contribution in [2.45, 2.75) is 43.9 Å². The molecule has 2 N–H and O–H groups in total. The van der Waals surface area contributed by atoms with Gasteiger partial charge in [0.25, 0.3) is 0 Å². The molecule has 1 saturated carbocycles. The average molecular weight is 397 g/mol. The topological polar surface area (TPSA) is 59.6 Å². The summed E-state index contributed by atoms with van der Waals surface area (Å²) in [6, 6.07) is 8.03. The van der Waals surface area contributed by atoms with Gasteiger partial charge in [-0.1, -0.05) is 25.0 Å². The standard InChI is InChI=1S/C21H32N2O3.ClH/c1-25-16-20(11-13-22-14-12-20)15-23-19(24)21(9-3-4-10-21)17-5-7-18(26-2)8-6-17;/h5-8,22H,3-4,9-16H2,1-2H3,(H,23,24);1H. The largest absolute Gasteiger partial charge is 0.497 e. The zero-order valence-corrected chi connectivity index (χ0v) is 17.3. The Kier molecular flexibility index (Phi) is 7.95. The Hall–Kier alpha value is -1.30. The minimum absolute atomic E-state index is 0. The van der Waals surface area contributed by atoms with Crippen molar-refractivity contribution in [2.24, 2.45) is 5.41 Å². The fourth-order valence-corrected chi connectivity index (χ4v) is 4.61. The van der Waals surface area contributed by atoms with Crippen LogP contribution in [0.2, 0.25) is 0 Å². The number of piperidine rings is 1. The first kappa shape index (κ1) is 22.0. The minimum atomic E-state index is -0.395. The van der Waals surface area contributed by atoms with E-state index in [0.717, 1.165) is 62.9 Å². The second-order valence-corrected chi connectivity index (χ2v) is 7.88. The monoisotopic (exact) mass is 396 g/mol. The first-order chi connectivity index (χ1) is 12.6. The van der Waals surface area contributed by atoms with Crippen molar-refractivity contribution >= 4 is 18.3 Å². The molecule has 1 aliphatic heterocycles. The summed E-state index contributed by atoms with van der Waals surface area (Å²) in [5.41, 5.74) is 0.766. The third-order valence-electron chi connectivity index (χ3n) is 6.27. The Labute approximate surface area is 169 Å². The van der Waals surface area contributed by atoms with Gasteiger partial charge in [-0.05, 0) is 56.5 Å². The summed E-state index contributed by atoms with van der Waals surface area (Å²) in [4.78, 5) is 13.3. The van der Waals surface area contributed by atoms with Crippen molar-refractivity contribution in [3.63, 3.8) is 0 Å². The Bertz CT molecular complexity index is 588. The van der Waals surface area contributed by atoms with Gasteiger partial charge >= 0.3 is 0 Å². The highest BCUT2D eigenvalue weighted by Crippen LogP contribution is 2.42. The molecular weight excluding hydrogens is 364 g/mol. The van der Waals surface area contributed by atoms with Gasteiger partial charge in [0.1, 0.15) is 5.75 Å². The van der Waals surface area contributed by atoms with Crippen LogP contribution in [0.3, 0.4) is 0 Å². The summed E-state index contributed by atoms with van der Waals surface area (Å²) >= 11 is 0. The van der Waals surface area contributed by atoms with E-state index >= 15 is 0 Å². The second-order valence-electron chi connectivity index (χ2n) is 7.88. The molecular formula is C21H33ClN2O3. The molecule has 2 aliphatic rings. The highest BCUT2D eigenvalue weighted by atomic mass is 35.5. The molecule has 1 aromatic carbocycles. The predicted molar refractivity (Wildman–Crippen MR) is 110 cm³/mol. The van der Waals surface area contributed by atoms with Crippen LogP contribution in [0.1, 0.15) is 44.1 Å². The lowest BCUT2D eigenvalue weighted by Gasteiger charge is -2.38. The zero-order chi connectivity index (χ0) is 18.5. The number of hydrogen-bond donors (Lipinski definition) is 2. The summed E-state index contributed by atoms with van der Waals surface area (Å²) in [5.74, 6) is 1.00. The molecule has 5 nitrogen and oxygen atoms in total. The molecule has 1 aromatic rings. The van der Waals surface area contributed by atoms with Crippen LogP contribution < -0.4 is 15.4 Å². The van der Waals surface area contributed by atoms with E-state index in [2.05, 4.69) is 22.8 Å². The fraction of sp³-hybridized carbons (Fsp3) is 0.667. The van der Waals surface area contributed by atoms with Gasteiger partial charge in [-0.3, -0.25) is 4.79 Å². The predicted octanol–water partition coefficient (Wildman–Crippen LogP) is 3.06. The summed E-state index contributed by atoms with van der Waals surface area (Å²) < 4.78 is 10.8. The van der Waals surface area contributed by atoms with E-state index in [-0.39, 0.29) is 23.7 Å². The van der Waals surface area contributed by atoms with Crippen molar-refractivity contribution in [1.29, 1.82) is 0 Å². The van der Waals surface area contributed by atoms with Gasteiger partial charge in [0, 0.05) is 19.1 Å². The molecule has 1 amide bonds. The maximum atomic E-state index is 13.3. The quantitative estimate of drug-likeness (QED) is 0.743. The molecule has 27 heavy (non-hydrogen) atoms. The molecule has 1 heterocycles. The molecule has 0 bridgehead atoms. The van der Waals surface area contributed by atoms with E-state index in [9.17, 15) is 4.79 Å². The third-order valence-corrected chi connectivity index (χ3v) is 6.27. The second kappa shape index (κ2) is 9.76. The van der Waals surface area contributed by atoms with Crippen LogP contribution in [-0.2, 0) is 14.9 Å². The number of amides is 1. The normalized spacial score (nSPS) is 20.5. The zero-order valence-electron chi connectivity index (χ0n) is 16.5. The highest BCUT2D eigenvalue weighted by molar-refractivity contribution is 5.88. The van der Waals surface area contributed by atoms with Gasteiger partial charge in [0.05, 0.1) is 19.1 Å². The van der Waals surface area contributed by atoms with E-state index in [4.69, 9.17) is 9.47 Å². The third kappa shape index (κ3) is 4.76. The van der Waals surface area contributed by atoms with Crippen LogP contribution in [0.5, 0.6) is 5.75 Å². The van der Waals surface area contributed by atoms with E-state index in [1.165, 1.54) is 0 Å². The molecule has 0 spiro atoms. The molecule has 3 rings (SSSR count). The van der Waals surface area contributed by atoms with Gasteiger partial charge in [0.15, 0.2) is 0 Å². The molecule has 0 atom stereocenters. The van der Waals surface area contributed by atoms with Crippen LogP contribution in [-0.4, -0.2) is 46.4 Å².